The van der Waals surface area contributed by atoms with Crippen LogP contribution in [0.4, 0.5) is 4.79 Å². The number of nitrogens with zero attached hydrogens (tertiary/aromatic N) is 1. The quantitative estimate of drug-likeness (QED) is 0.901. The number of carbonyl (C=O) groups is 2. The molecule has 1 heterocycles. The van der Waals surface area contributed by atoms with Gasteiger partial charge in [0.25, 0.3) is 0 Å². The first-order chi connectivity index (χ1) is 11.7. The second-order valence-electron chi connectivity index (χ2n) is 6.81. The number of alkyl carbamates (subject to hydrolysis) is 1. The molecule has 0 bridgehead atoms. The Bertz CT molecular complexity index is 567. The number of hydrogen-bond acceptors (Lipinski definition) is 3. The van der Waals surface area contributed by atoms with Crippen LogP contribution in [-0.4, -0.2) is 35.6 Å². The van der Waals surface area contributed by atoms with Crippen molar-refractivity contribution in [1.82, 2.24) is 10.2 Å². The first-order valence-corrected chi connectivity index (χ1v) is 8.95. The Morgan fingerprint density at radius 3 is 2.62 bits per heavy atom. The molecule has 3 rings (SSSR count). The summed E-state index contributed by atoms with van der Waals surface area (Å²) in [5.74, 6) is 0.213. The Morgan fingerprint density at radius 2 is 1.88 bits per heavy atom. The van der Waals surface area contributed by atoms with Crippen LogP contribution in [0.1, 0.15) is 50.5 Å². The van der Waals surface area contributed by atoms with Crippen molar-refractivity contribution in [2.75, 3.05) is 13.2 Å². The number of hydrogen-bond donors (Lipinski definition) is 1. The van der Waals surface area contributed by atoms with E-state index >= 15 is 0 Å². The molecule has 2 fully saturated rings. The summed E-state index contributed by atoms with van der Waals surface area (Å²) >= 11 is 0. The highest BCUT2D eigenvalue weighted by atomic mass is 16.5. The van der Waals surface area contributed by atoms with Gasteiger partial charge in [0.15, 0.2) is 0 Å². The minimum atomic E-state index is -0.428. The molecule has 1 N–H and O–H groups in total. The van der Waals surface area contributed by atoms with Crippen molar-refractivity contribution < 1.29 is 14.3 Å². The molecule has 5 heteroatoms. The lowest BCUT2D eigenvalue weighted by Gasteiger charge is -2.41. The molecule has 24 heavy (non-hydrogen) atoms. The van der Waals surface area contributed by atoms with Crippen molar-refractivity contribution in [2.45, 2.75) is 57.0 Å². The molecule has 1 saturated carbocycles. The van der Waals surface area contributed by atoms with E-state index < -0.39 is 6.09 Å². The normalized spacial score (nSPS) is 19.5. The van der Waals surface area contributed by atoms with Crippen molar-refractivity contribution >= 4 is 12.0 Å². The van der Waals surface area contributed by atoms with Gasteiger partial charge in [0.1, 0.15) is 6.61 Å². The van der Waals surface area contributed by atoms with Gasteiger partial charge in [-0.2, -0.15) is 0 Å². The Kier molecular flexibility index (Phi) is 5.38. The van der Waals surface area contributed by atoms with E-state index in [1.807, 2.05) is 35.2 Å². The van der Waals surface area contributed by atoms with Crippen molar-refractivity contribution in [3.63, 3.8) is 0 Å². The first-order valence-electron chi connectivity index (χ1n) is 8.95. The topological polar surface area (TPSA) is 58.6 Å². The molecule has 0 atom stereocenters. The summed E-state index contributed by atoms with van der Waals surface area (Å²) < 4.78 is 5.26. The molecule has 2 amide bonds. The zero-order valence-electron chi connectivity index (χ0n) is 14.1. The average molecular weight is 330 g/mol. The highest BCUT2D eigenvalue weighted by Crippen LogP contribution is 2.41. The first kappa shape index (κ1) is 16.8. The van der Waals surface area contributed by atoms with E-state index in [4.69, 9.17) is 4.74 Å². The van der Waals surface area contributed by atoms with Gasteiger partial charge < -0.3 is 15.0 Å². The van der Waals surface area contributed by atoms with E-state index in [-0.39, 0.29) is 18.1 Å². The maximum Gasteiger partial charge on any atom is 0.407 e. The molecule has 1 aromatic rings. The van der Waals surface area contributed by atoms with E-state index in [2.05, 4.69) is 5.32 Å². The molecular weight excluding hydrogens is 304 g/mol. The van der Waals surface area contributed by atoms with Crippen LogP contribution in [0.5, 0.6) is 0 Å². The fourth-order valence-electron chi connectivity index (χ4n) is 4.02. The molecule has 1 spiro atoms. The van der Waals surface area contributed by atoms with Crippen molar-refractivity contribution in [3.05, 3.63) is 35.9 Å². The molecule has 0 aromatic heterocycles. The maximum atomic E-state index is 12.2. The maximum absolute atomic E-state index is 12.2. The van der Waals surface area contributed by atoms with Gasteiger partial charge in [-0.15, -0.1) is 0 Å². The van der Waals surface area contributed by atoms with Crippen LogP contribution in [0.2, 0.25) is 0 Å². The summed E-state index contributed by atoms with van der Waals surface area (Å²) in [6.45, 7) is 1.22. The van der Waals surface area contributed by atoms with Gasteiger partial charge in [-0.1, -0.05) is 49.6 Å². The van der Waals surface area contributed by atoms with Crippen LogP contribution in [0.15, 0.2) is 30.3 Å². The summed E-state index contributed by atoms with van der Waals surface area (Å²) in [6, 6.07) is 9.72. The van der Waals surface area contributed by atoms with E-state index in [0.29, 0.717) is 19.5 Å². The SMILES string of the molecule is O=C(NCc1ccccc1)OCCN1C(=O)CCC12CCCCC2. The summed E-state index contributed by atoms with van der Waals surface area (Å²) in [7, 11) is 0. The standard InChI is InChI=1S/C19H26N2O3/c22-17-9-12-19(10-5-2-6-11-19)21(17)13-14-24-18(23)20-15-16-7-3-1-4-8-16/h1,3-4,7-8H,2,5-6,9-15H2,(H,20,23). The smallest absolute Gasteiger partial charge is 0.407 e. The number of amides is 2. The largest absolute Gasteiger partial charge is 0.448 e. The highest BCUT2D eigenvalue weighted by Gasteiger charge is 2.45. The summed E-state index contributed by atoms with van der Waals surface area (Å²) in [5.41, 5.74) is 1.07. The number of likely N-dealkylation sites (tertiary alicyclic amines) is 1. The van der Waals surface area contributed by atoms with Gasteiger partial charge in [-0.05, 0) is 24.8 Å². The molecular formula is C19H26N2O3. The van der Waals surface area contributed by atoms with Crippen LogP contribution in [0, 0.1) is 0 Å². The molecule has 1 aromatic carbocycles. The van der Waals surface area contributed by atoms with Crippen molar-refractivity contribution in [2.24, 2.45) is 0 Å². The lowest BCUT2D eigenvalue weighted by molar-refractivity contribution is -0.132. The van der Waals surface area contributed by atoms with Crippen LogP contribution < -0.4 is 5.32 Å². The molecule has 0 unspecified atom stereocenters. The molecule has 0 radical (unpaired) electrons. The monoisotopic (exact) mass is 330 g/mol. The van der Waals surface area contributed by atoms with Gasteiger partial charge in [0.2, 0.25) is 5.91 Å². The van der Waals surface area contributed by atoms with Crippen LogP contribution in [0.25, 0.3) is 0 Å². The number of benzene rings is 1. The molecule has 2 aliphatic rings. The highest BCUT2D eigenvalue weighted by molar-refractivity contribution is 5.79. The van der Waals surface area contributed by atoms with Gasteiger partial charge in [-0.3, -0.25) is 4.79 Å². The zero-order valence-corrected chi connectivity index (χ0v) is 14.1. The van der Waals surface area contributed by atoms with Gasteiger partial charge >= 0.3 is 6.09 Å². The summed E-state index contributed by atoms with van der Waals surface area (Å²) in [6.07, 6.45) is 7.03. The lowest BCUT2D eigenvalue weighted by Crippen LogP contribution is -2.48. The zero-order chi connectivity index (χ0) is 16.8. The second kappa shape index (κ2) is 7.69. The fraction of sp³-hybridized carbons (Fsp3) is 0.579. The van der Waals surface area contributed by atoms with E-state index in [9.17, 15) is 9.59 Å². The van der Waals surface area contributed by atoms with E-state index in [0.717, 1.165) is 24.8 Å². The molecule has 1 aliphatic carbocycles. The molecule has 1 saturated heterocycles. The fourth-order valence-corrected chi connectivity index (χ4v) is 4.02. The minimum Gasteiger partial charge on any atom is -0.448 e. The van der Waals surface area contributed by atoms with E-state index in [1.54, 1.807) is 0 Å². The predicted molar refractivity (Wildman–Crippen MR) is 91.4 cm³/mol. The summed E-state index contributed by atoms with van der Waals surface area (Å²) in [5, 5.41) is 2.74. The average Bonchev–Trinajstić information content (AvgIpc) is 2.91. The third-order valence-corrected chi connectivity index (χ3v) is 5.29. The van der Waals surface area contributed by atoms with Gasteiger partial charge in [0.05, 0.1) is 6.54 Å². The van der Waals surface area contributed by atoms with Gasteiger partial charge in [0, 0.05) is 18.5 Å². The van der Waals surface area contributed by atoms with Crippen molar-refractivity contribution in [1.29, 1.82) is 0 Å². The Balaban J connectivity index is 1.43. The number of rotatable bonds is 5. The number of carbonyl (C=O) groups excluding carboxylic acids is 2. The van der Waals surface area contributed by atoms with Crippen molar-refractivity contribution in [3.8, 4) is 0 Å². The molecule has 5 nitrogen and oxygen atoms in total. The Morgan fingerprint density at radius 1 is 1.12 bits per heavy atom. The van der Waals surface area contributed by atoms with Gasteiger partial charge in [-0.25, -0.2) is 4.79 Å². The Hall–Kier alpha value is -2.04. The molecule has 130 valence electrons. The van der Waals surface area contributed by atoms with E-state index in [1.165, 1.54) is 19.3 Å². The Labute approximate surface area is 143 Å². The number of nitrogens with one attached hydrogen (secondary N) is 1. The predicted octanol–water partition coefficient (Wildman–Crippen LogP) is 3.24. The third kappa shape index (κ3) is 3.89. The minimum absolute atomic E-state index is 0.0409. The molecule has 1 aliphatic heterocycles. The van der Waals surface area contributed by atoms with Crippen LogP contribution in [-0.2, 0) is 16.1 Å². The number of ether oxygens (including phenoxy) is 1. The second-order valence-corrected chi connectivity index (χ2v) is 6.81. The third-order valence-electron chi connectivity index (χ3n) is 5.29. The van der Waals surface area contributed by atoms with Crippen LogP contribution >= 0.6 is 0 Å². The van der Waals surface area contributed by atoms with Crippen LogP contribution in [0.3, 0.4) is 0 Å². The lowest BCUT2D eigenvalue weighted by atomic mass is 9.80. The summed E-state index contributed by atoms with van der Waals surface area (Å²) in [4.78, 5) is 26.0.